The lowest BCUT2D eigenvalue weighted by Crippen LogP contribution is -2.40. The van der Waals surface area contributed by atoms with E-state index in [2.05, 4.69) is 28.6 Å². The van der Waals surface area contributed by atoms with Crippen molar-refractivity contribution >= 4 is 34.8 Å². The van der Waals surface area contributed by atoms with Crippen LogP contribution in [0, 0.1) is 11.6 Å². The predicted molar refractivity (Wildman–Crippen MR) is 229 cm³/mol. The van der Waals surface area contributed by atoms with Crippen molar-refractivity contribution in [2.24, 2.45) is 0 Å². The summed E-state index contributed by atoms with van der Waals surface area (Å²) in [4.78, 5) is 28.2. The number of aromatic nitrogens is 4. The Bertz CT molecular complexity index is 2420. The molecule has 2 amide bonds. The van der Waals surface area contributed by atoms with Gasteiger partial charge in [0.15, 0.2) is 11.6 Å². The minimum Gasteiger partial charge on any atom is -0.463 e. The molecule has 1 saturated heterocycles. The van der Waals surface area contributed by atoms with E-state index in [4.69, 9.17) is 21.1 Å². The third kappa shape index (κ3) is 8.42. The van der Waals surface area contributed by atoms with Crippen LogP contribution in [0.25, 0.3) is 22.3 Å². The van der Waals surface area contributed by atoms with Crippen molar-refractivity contribution in [1.82, 2.24) is 24.9 Å². The average molecular weight is 838 g/mol. The number of rotatable bonds is 8. The molecule has 1 N–H and O–H groups in total. The summed E-state index contributed by atoms with van der Waals surface area (Å²) in [6.07, 6.45) is 16.7. The molecule has 0 bridgehead atoms. The van der Waals surface area contributed by atoms with Gasteiger partial charge in [-0.05, 0) is 115 Å². The number of halogens is 3. The minimum atomic E-state index is -0.650. The van der Waals surface area contributed by atoms with Gasteiger partial charge in [0.2, 0.25) is 11.8 Å². The molecule has 0 radical (unpaired) electrons. The summed E-state index contributed by atoms with van der Waals surface area (Å²) >= 11 is 5.70. The van der Waals surface area contributed by atoms with Gasteiger partial charge in [-0.3, -0.25) is 19.0 Å². The molecule has 5 aromatic rings. The Balaban J connectivity index is 0.000000172. The van der Waals surface area contributed by atoms with E-state index in [-0.39, 0.29) is 29.6 Å². The molecule has 14 heteroatoms. The molecule has 3 aromatic carbocycles. The SMILES string of the molecule is CC(=O)N1c2ccc(-c3cnn(C4CC4)c3)c(OC=CCl)c2CC[C@@H]1C.CC(=O)N1c2ccc(-c3cnn(C4CCNCC4)c3)c(Oc3cc(F)ccc3F)c2CC[C@@H]1C. The number of piperidine rings is 1. The number of fused-ring (bicyclic) bond motifs is 2. The average Bonchev–Trinajstić information content (AvgIpc) is 3.76. The van der Waals surface area contributed by atoms with Gasteiger partial charge in [-0.1, -0.05) is 11.6 Å². The van der Waals surface area contributed by atoms with Crippen molar-refractivity contribution in [2.45, 2.75) is 103 Å². The van der Waals surface area contributed by atoms with E-state index in [1.165, 1.54) is 31.6 Å². The monoisotopic (exact) mass is 837 g/mol. The van der Waals surface area contributed by atoms with Crippen LogP contribution >= 0.6 is 11.6 Å². The van der Waals surface area contributed by atoms with Crippen LogP contribution in [-0.4, -0.2) is 56.5 Å². The zero-order valence-corrected chi connectivity index (χ0v) is 35.1. The van der Waals surface area contributed by atoms with Crippen molar-refractivity contribution in [3.63, 3.8) is 0 Å². The number of ether oxygens (including phenoxy) is 2. The van der Waals surface area contributed by atoms with Crippen LogP contribution in [-0.2, 0) is 22.4 Å². The van der Waals surface area contributed by atoms with Crippen molar-refractivity contribution in [1.29, 1.82) is 0 Å². The van der Waals surface area contributed by atoms with Gasteiger partial charge in [0, 0.05) is 83.3 Å². The van der Waals surface area contributed by atoms with Gasteiger partial charge in [0.05, 0.1) is 35.9 Å². The van der Waals surface area contributed by atoms with Crippen LogP contribution in [0.5, 0.6) is 17.2 Å². The highest BCUT2D eigenvalue weighted by Crippen LogP contribution is 2.46. The molecule has 0 unspecified atom stereocenters. The molecule has 314 valence electrons. The molecule has 1 saturated carbocycles. The Morgan fingerprint density at radius 3 is 1.82 bits per heavy atom. The summed E-state index contributed by atoms with van der Waals surface area (Å²) in [6, 6.07) is 12.1. The predicted octanol–water partition coefficient (Wildman–Crippen LogP) is 9.89. The molecule has 2 fully saturated rings. The van der Waals surface area contributed by atoms with Crippen molar-refractivity contribution in [3.8, 4) is 39.5 Å². The Hall–Kier alpha value is -5.53. The number of nitrogens with one attached hydrogen (secondary N) is 1. The van der Waals surface area contributed by atoms with Crippen LogP contribution in [0.1, 0.15) is 89.4 Å². The molecule has 0 spiro atoms. The van der Waals surface area contributed by atoms with Gasteiger partial charge in [0.25, 0.3) is 0 Å². The summed E-state index contributed by atoms with van der Waals surface area (Å²) in [5, 5.41) is 12.5. The number of nitrogens with zero attached hydrogens (tertiary/aromatic N) is 6. The second kappa shape index (κ2) is 17.6. The van der Waals surface area contributed by atoms with Gasteiger partial charge in [-0.2, -0.15) is 10.2 Å². The lowest BCUT2D eigenvalue weighted by Gasteiger charge is -2.36. The molecule has 60 heavy (non-hydrogen) atoms. The number of amides is 2. The third-order valence-corrected chi connectivity index (χ3v) is 12.0. The van der Waals surface area contributed by atoms with E-state index in [0.717, 1.165) is 114 Å². The van der Waals surface area contributed by atoms with Crippen molar-refractivity contribution in [2.75, 3.05) is 22.9 Å². The van der Waals surface area contributed by atoms with Crippen LogP contribution in [0.15, 0.2) is 79.0 Å². The molecular formula is C46H50ClF2N7O4. The van der Waals surface area contributed by atoms with Crippen molar-refractivity contribution < 1.29 is 27.8 Å². The maximum absolute atomic E-state index is 14.6. The molecule has 3 aliphatic heterocycles. The number of hydrogen-bond acceptors (Lipinski definition) is 7. The quantitative estimate of drug-likeness (QED) is 0.155. The topological polar surface area (TPSA) is 107 Å². The Labute approximate surface area is 353 Å². The zero-order valence-electron chi connectivity index (χ0n) is 34.3. The van der Waals surface area contributed by atoms with Crippen LogP contribution in [0.4, 0.5) is 20.2 Å². The Morgan fingerprint density at radius 2 is 1.28 bits per heavy atom. The number of carbonyl (C=O) groups is 2. The van der Waals surface area contributed by atoms with E-state index in [9.17, 15) is 18.4 Å². The first kappa shape index (κ1) is 41.2. The molecule has 11 nitrogen and oxygen atoms in total. The molecule has 5 heterocycles. The maximum atomic E-state index is 14.6. The van der Waals surface area contributed by atoms with E-state index in [1.54, 1.807) is 18.0 Å². The van der Waals surface area contributed by atoms with Gasteiger partial charge in [-0.15, -0.1) is 0 Å². The largest absolute Gasteiger partial charge is 0.463 e. The first-order valence-electron chi connectivity index (χ1n) is 20.8. The fraction of sp³-hybridized carbons (Fsp3) is 0.391. The van der Waals surface area contributed by atoms with Gasteiger partial charge < -0.3 is 24.6 Å². The summed E-state index contributed by atoms with van der Waals surface area (Å²) < 4.78 is 44.5. The standard InChI is InChI=1S/C26H28F2N4O2.C20H22ClN3O2/c1-16-3-5-22-24(32(16)17(2)33)8-6-21(26(22)34-25-13-19(27)4-7-23(25)28)18-14-30-31(15-18)20-9-11-29-12-10-20;1-13-3-6-18-19(24(13)14(2)25)8-7-17(20(18)26-10-9-21)15-11-22-23(12-15)16-4-5-16/h4,6-8,13-16,20,29H,3,5,9-12H2,1-2H3;7-13,16H,3-6H2,1-2H3/t16-;13-/m00/s1. The van der Waals surface area contributed by atoms with E-state index < -0.39 is 11.6 Å². The summed E-state index contributed by atoms with van der Waals surface area (Å²) in [6.45, 7) is 9.13. The summed E-state index contributed by atoms with van der Waals surface area (Å²) in [7, 11) is 0. The highest BCUT2D eigenvalue weighted by Gasteiger charge is 2.33. The van der Waals surface area contributed by atoms with E-state index >= 15 is 0 Å². The maximum Gasteiger partial charge on any atom is 0.224 e. The van der Waals surface area contributed by atoms with Crippen molar-refractivity contribution in [3.05, 3.63) is 102 Å². The number of carbonyl (C=O) groups excluding carboxylic acids is 2. The number of anilines is 2. The lowest BCUT2D eigenvalue weighted by atomic mass is 9.92. The summed E-state index contributed by atoms with van der Waals surface area (Å²) in [5.74, 6) is -0.246. The highest BCUT2D eigenvalue weighted by molar-refractivity contribution is 6.25. The lowest BCUT2D eigenvalue weighted by molar-refractivity contribution is -0.117. The Kier molecular flexibility index (Phi) is 12.1. The molecule has 4 aliphatic rings. The van der Waals surface area contributed by atoms with Crippen LogP contribution < -0.4 is 24.6 Å². The first-order chi connectivity index (χ1) is 29.0. The summed E-state index contributed by atoms with van der Waals surface area (Å²) in [5.41, 5.74) is 8.44. The molecular weight excluding hydrogens is 788 g/mol. The molecule has 1 aliphatic carbocycles. The van der Waals surface area contributed by atoms with Crippen LogP contribution in [0.2, 0.25) is 0 Å². The fourth-order valence-corrected chi connectivity index (χ4v) is 8.85. The normalized spacial score (nSPS) is 19.1. The first-order valence-corrected chi connectivity index (χ1v) is 21.2. The van der Waals surface area contributed by atoms with Gasteiger partial charge in [-0.25, -0.2) is 8.78 Å². The van der Waals surface area contributed by atoms with Gasteiger partial charge >= 0.3 is 0 Å². The van der Waals surface area contributed by atoms with E-state index in [1.807, 2.05) is 57.8 Å². The van der Waals surface area contributed by atoms with E-state index in [0.29, 0.717) is 24.3 Å². The fourth-order valence-electron chi connectivity index (χ4n) is 8.80. The Morgan fingerprint density at radius 1 is 0.750 bits per heavy atom. The van der Waals surface area contributed by atoms with Gasteiger partial charge in [0.1, 0.15) is 23.6 Å². The smallest absolute Gasteiger partial charge is 0.224 e. The third-order valence-electron chi connectivity index (χ3n) is 11.9. The second-order valence-electron chi connectivity index (χ2n) is 16.1. The molecule has 2 aromatic heterocycles. The zero-order chi connectivity index (χ0) is 42.1. The second-order valence-corrected chi connectivity index (χ2v) is 16.4. The molecule has 9 rings (SSSR count). The highest BCUT2D eigenvalue weighted by atomic mass is 35.5. The number of benzene rings is 3. The van der Waals surface area contributed by atoms with Crippen LogP contribution in [0.3, 0.4) is 0 Å². The molecule has 2 atom stereocenters. The minimum absolute atomic E-state index is 0.0391. The number of hydrogen-bond donors (Lipinski definition) is 1.